The average molecular weight is 293 g/mol. The monoisotopic (exact) mass is 293 g/mol. The topological polar surface area (TPSA) is 32.3 Å². The smallest absolute Gasteiger partial charge is 0.0771 e. The molecule has 0 spiro atoms. The SMILES string of the molecule is OC1(CNC(c2cccs2)c2cccs2)CCCC1. The minimum atomic E-state index is -0.493. The summed E-state index contributed by atoms with van der Waals surface area (Å²) < 4.78 is 0. The predicted octanol–water partition coefficient (Wildman–Crippen LogP) is 3.79. The Morgan fingerprint density at radius 3 is 2.16 bits per heavy atom. The van der Waals surface area contributed by atoms with Crippen molar-refractivity contribution in [3.05, 3.63) is 44.8 Å². The Bertz CT molecular complexity index is 452. The number of thiophene rings is 2. The molecule has 102 valence electrons. The van der Waals surface area contributed by atoms with E-state index in [-0.39, 0.29) is 6.04 Å². The molecule has 0 atom stereocenters. The minimum absolute atomic E-state index is 0.227. The van der Waals surface area contributed by atoms with Gasteiger partial charge < -0.3 is 10.4 Å². The number of nitrogens with one attached hydrogen (secondary N) is 1. The fourth-order valence-electron chi connectivity index (χ4n) is 2.75. The molecule has 1 fully saturated rings. The lowest BCUT2D eigenvalue weighted by Crippen LogP contribution is -2.39. The first kappa shape index (κ1) is 13.3. The summed E-state index contributed by atoms with van der Waals surface area (Å²) in [5.41, 5.74) is -0.493. The zero-order chi connectivity index (χ0) is 13.1. The van der Waals surface area contributed by atoms with Crippen molar-refractivity contribution in [2.75, 3.05) is 6.54 Å². The molecule has 0 unspecified atom stereocenters. The van der Waals surface area contributed by atoms with Crippen LogP contribution >= 0.6 is 22.7 Å². The lowest BCUT2D eigenvalue weighted by molar-refractivity contribution is 0.0461. The first-order chi connectivity index (χ1) is 9.27. The van der Waals surface area contributed by atoms with Crippen molar-refractivity contribution in [1.82, 2.24) is 5.32 Å². The van der Waals surface area contributed by atoms with E-state index in [1.54, 1.807) is 22.7 Å². The molecule has 1 aliphatic rings. The van der Waals surface area contributed by atoms with E-state index in [9.17, 15) is 5.11 Å². The second-order valence-electron chi connectivity index (χ2n) is 5.28. The normalized spacial score (nSPS) is 18.2. The van der Waals surface area contributed by atoms with Gasteiger partial charge in [-0.05, 0) is 35.7 Å². The molecule has 2 heterocycles. The molecular formula is C15H19NOS2. The van der Waals surface area contributed by atoms with Gasteiger partial charge in [-0.25, -0.2) is 0 Å². The van der Waals surface area contributed by atoms with Gasteiger partial charge in [-0.1, -0.05) is 25.0 Å². The van der Waals surface area contributed by atoms with Gasteiger partial charge >= 0.3 is 0 Å². The molecule has 0 amide bonds. The van der Waals surface area contributed by atoms with E-state index in [0.29, 0.717) is 6.54 Å². The highest BCUT2D eigenvalue weighted by atomic mass is 32.1. The number of rotatable bonds is 5. The van der Waals surface area contributed by atoms with Gasteiger partial charge in [0.25, 0.3) is 0 Å². The van der Waals surface area contributed by atoms with Crippen LogP contribution in [0, 0.1) is 0 Å². The van der Waals surface area contributed by atoms with Crippen LogP contribution in [-0.4, -0.2) is 17.3 Å². The van der Waals surface area contributed by atoms with Crippen LogP contribution in [0.4, 0.5) is 0 Å². The van der Waals surface area contributed by atoms with E-state index in [1.807, 2.05) is 0 Å². The fourth-order valence-corrected chi connectivity index (χ4v) is 4.46. The second kappa shape index (κ2) is 5.75. The molecule has 1 aliphatic carbocycles. The first-order valence-corrected chi connectivity index (χ1v) is 8.55. The summed E-state index contributed by atoms with van der Waals surface area (Å²) in [6.45, 7) is 0.688. The minimum Gasteiger partial charge on any atom is -0.389 e. The zero-order valence-electron chi connectivity index (χ0n) is 10.8. The van der Waals surface area contributed by atoms with Crippen LogP contribution < -0.4 is 5.32 Å². The van der Waals surface area contributed by atoms with Crippen molar-refractivity contribution < 1.29 is 5.11 Å². The van der Waals surface area contributed by atoms with Gasteiger partial charge in [0.2, 0.25) is 0 Å². The molecule has 0 bridgehead atoms. The Kier molecular flexibility index (Phi) is 4.03. The summed E-state index contributed by atoms with van der Waals surface area (Å²) >= 11 is 3.55. The van der Waals surface area contributed by atoms with E-state index >= 15 is 0 Å². The van der Waals surface area contributed by atoms with Crippen LogP contribution in [0.3, 0.4) is 0 Å². The molecule has 0 aromatic carbocycles. The Morgan fingerprint density at radius 1 is 1.11 bits per heavy atom. The number of hydrogen-bond donors (Lipinski definition) is 2. The van der Waals surface area contributed by atoms with Crippen molar-refractivity contribution in [1.29, 1.82) is 0 Å². The third kappa shape index (κ3) is 3.08. The summed E-state index contributed by atoms with van der Waals surface area (Å²) in [7, 11) is 0. The Labute approximate surface area is 122 Å². The Hall–Kier alpha value is -0.680. The molecule has 0 radical (unpaired) electrons. The quantitative estimate of drug-likeness (QED) is 0.879. The fraction of sp³-hybridized carbons (Fsp3) is 0.467. The van der Waals surface area contributed by atoms with Gasteiger partial charge in [0.15, 0.2) is 0 Å². The lowest BCUT2D eigenvalue weighted by Gasteiger charge is -2.26. The Morgan fingerprint density at radius 2 is 1.68 bits per heavy atom. The highest BCUT2D eigenvalue weighted by molar-refractivity contribution is 7.11. The maximum absolute atomic E-state index is 10.5. The van der Waals surface area contributed by atoms with Crippen LogP contribution in [0.2, 0.25) is 0 Å². The van der Waals surface area contributed by atoms with Crippen molar-refractivity contribution in [2.24, 2.45) is 0 Å². The molecule has 4 heteroatoms. The molecule has 2 N–H and O–H groups in total. The highest BCUT2D eigenvalue weighted by Crippen LogP contribution is 2.32. The molecule has 0 saturated heterocycles. The predicted molar refractivity (Wildman–Crippen MR) is 81.9 cm³/mol. The summed E-state index contributed by atoms with van der Waals surface area (Å²) in [5, 5.41) is 18.3. The maximum atomic E-state index is 10.5. The van der Waals surface area contributed by atoms with Crippen molar-refractivity contribution in [2.45, 2.75) is 37.3 Å². The van der Waals surface area contributed by atoms with Crippen LogP contribution in [0.5, 0.6) is 0 Å². The summed E-state index contributed by atoms with van der Waals surface area (Å²) in [4.78, 5) is 2.65. The largest absolute Gasteiger partial charge is 0.389 e. The lowest BCUT2D eigenvalue weighted by atomic mass is 10.0. The second-order valence-corrected chi connectivity index (χ2v) is 7.23. The van der Waals surface area contributed by atoms with Gasteiger partial charge in [-0.2, -0.15) is 0 Å². The maximum Gasteiger partial charge on any atom is 0.0771 e. The molecule has 1 saturated carbocycles. The zero-order valence-corrected chi connectivity index (χ0v) is 12.5. The van der Waals surface area contributed by atoms with Crippen LogP contribution in [-0.2, 0) is 0 Å². The molecule has 3 rings (SSSR count). The molecule has 2 nitrogen and oxygen atoms in total. The van der Waals surface area contributed by atoms with E-state index < -0.39 is 5.60 Å². The third-order valence-corrected chi connectivity index (χ3v) is 5.70. The van der Waals surface area contributed by atoms with Crippen LogP contribution in [0.25, 0.3) is 0 Å². The summed E-state index contributed by atoms with van der Waals surface area (Å²) in [6.07, 6.45) is 4.17. The molecule has 2 aromatic heterocycles. The van der Waals surface area contributed by atoms with Crippen molar-refractivity contribution in [3.63, 3.8) is 0 Å². The summed E-state index contributed by atoms with van der Waals surface area (Å²) in [6, 6.07) is 8.74. The Balaban J connectivity index is 1.73. The third-order valence-electron chi connectivity index (χ3n) is 3.82. The van der Waals surface area contributed by atoms with Crippen molar-refractivity contribution in [3.8, 4) is 0 Å². The number of hydrogen-bond acceptors (Lipinski definition) is 4. The van der Waals surface area contributed by atoms with E-state index in [1.165, 1.54) is 9.75 Å². The van der Waals surface area contributed by atoms with E-state index in [2.05, 4.69) is 40.3 Å². The van der Waals surface area contributed by atoms with E-state index in [0.717, 1.165) is 25.7 Å². The van der Waals surface area contributed by atoms with Gasteiger partial charge in [0.1, 0.15) is 0 Å². The van der Waals surface area contributed by atoms with Crippen LogP contribution in [0.1, 0.15) is 41.5 Å². The van der Waals surface area contributed by atoms with Gasteiger partial charge in [-0.3, -0.25) is 0 Å². The highest BCUT2D eigenvalue weighted by Gasteiger charge is 2.32. The van der Waals surface area contributed by atoms with Gasteiger partial charge in [-0.15, -0.1) is 22.7 Å². The van der Waals surface area contributed by atoms with Crippen LogP contribution in [0.15, 0.2) is 35.0 Å². The molecular weight excluding hydrogens is 274 g/mol. The van der Waals surface area contributed by atoms with Gasteiger partial charge in [0, 0.05) is 16.3 Å². The summed E-state index contributed by atoms with van der Waals surface area (Å²) in [5.74, 6) is 0. The number of aliphatic hydroxyl groups is 1. The standard InChI is InChI=1S/C15H19NOS2/c17-15(7-1-2-8-15)11-16-14(12-5-3-9-18-12)13-6-4-10-19-13/h3-6,9-10,14,16-17H,1-2,7-8,11H2. The first-order valence-electron chi connectivity index (χ1n) is 6.79. The van der Waals surface area contributed by atoms with Gasteiger partial charge in [0.05, 0.1) is 11.6 Å². The van der Waals surface area contributed by atoms with Crippen molar-refractivity contribution >= 4 is 22.7 Å². The average Bonchev–Trinajstić information content (AvgIpc) is 3.11. The molecule has 0 aliphatic heterocycles. The molecule has 19 heavy (non-hydrogen) atoms. The molecule has 2 aromatic rings. The van der Waals surface area contributed by atoms with E-state index in [4.69, 9.17) is 0 Å².